The summed E-state index contributed by atoms with van der Waals surface area (Å²) in [6.45, 7) is 7.16. The summed E-state index contributed by atoms with van der Waals surface area (Å²) in [4.78, 5) is 72.4. The van der Waals surface area contributed by atoms with Crippen LogP contribution in [0.1, 0.15) is 362 Å². The van der Waals surface area contributed by atoms with E-state index in [4.69, 9.17) is 37.0 Å². The van der Waals surface area contributed by atoms with Gasteiger partial charge in [-0.3, -0.25) is 37.3 Å². The van der Waals surface area contributed by atoms with Crippen LogP contribution in [0.25, 0.3) is 0 Å². The molecule has 0 heterocycles. The summed E-state index contributed by atoms with van der Waals surface area (Å²) in [5.74, 6) is -1.44. The maximum atomic E-state index is 13.0. The molecule has 0 fully saturated rings. The van der Waals surface area contributed by atoms with Gasteiger partial charge in [0.05, 0.1) is 26.4 Å². The highest BCUT2D eigenvalue weighted by Crippen LogP contribution is 2.45. The molecule has 0 radical (unpaired) electrons. The fourth-order valence-electron chi connectivity index (χ4n) is 10.6. The number of hydrogen-bond donors (Lipinski definition) is 3. The molecule has 5 atom stereocenters. The van der Waals surface area contributed by atoms with Crippen LogP contribution in [0.5, 0.6) is 0 Å². The van der Waals surface area contributed by atoms with Gasteiger partial charge in [-0.25, -0.2) is 9.13 Å². The molecule has 528 valence electrons. The summed E-state index contributed by atoms with van der Waals surface area (Å²) in [5.41, 5.74) is 0. The molecule has 19 heteroatoms. The van der Waals surface area contributed by atoms with Crippen molar-refractivity contribution < 1.29 is 80.2 Å². The lowest BCUT2D eigenvalue weighted by molar-refractivity contribution is -0.161. The van der Waals surface area contributed by atoms with Crippen LogP contribution in [0.4, 0.5) is 0 Å². The first-order chi connectivity index (χ1) is 43.0. The molecule has 89 heavy (non-hydrogen) atoms. The first kappa shape index (κ1) is 87.1. The van der Waals surface area contributed by atoms with E-state index in [-0.39, 0.29) is 25.7 Å². The Kier molecular flexibility index (Phi) is 62.1. The Morgan fingerprint density at radius 2 is 0.517 bits per heavy atom. The summed E-state index contributed by atoms with van der Waals surface area (Å²) in [5, 5.41) is 10.6. The Morgan fingerprint density at radius 1 is 0.303 bits per heavy atom. The average molecular weight is 1310 g/mol. The first-order valence-corrected chi connectivity index (χ1v) is 39.6. The molecule has 0 aromatic carbocycles. The molecule has 2 unspecified atom stereocenters. The molecule has 0 rings (SSSR count). The van der Waals surface area contributed by atoms with E-state index in [0.717, 1.165) is 96.3 Å². The number of carbonyl (C=O) groups excluding carboxylic acids is 4. The van der Waals surface area contributed by atoms with Crippen LogP contribution in [0.3, 0.4) is 0 Å². The molecule has 0 saturated heterocycles. The normalized spacial score (nSPS) is 14.1. The Labute approximate surface area is 543 Å². The largest absolute Gasteiger partial charge is 0.472 e. The van der Waals surface area contributed by atoms with E-state index in [1.54, 1.807) is 0 Å². The van der Waals surface area contributed by atoms with Crippen LogP contribution in [0, 0.1) is 5.92 Å². The van der Waals surface area contributed by atoms with Gasteiger partial charge in [0.25, 0.3) is 0 Å². The van der Waals surface area contributed by atoms with Crippen LogP contribution in [0.15, 0.2) is 0 Å². The number of rotatable bonds is 70. The highest BCUT2D eigenvalue weighted by atomic mass is 31.2. The summed E-state index contributed by atoms with van der Waals surface area (Å²) in [6.07, 6.45) is 50.1. The number of phosphoric ester groups is 2. The molecule has 0 bridgehead atoms. The number of unbranched alkanes of at least 4 members (excludes halogenated alkanes) is 42. The molecular formula is C70H136O17P2. The zero-order valence-corrected chi connectivity index (χ0v) is 59.4. The number of aliphatic hydroxyl groups excluding tert-OH is 1. The highest BCUT2D eigenvalue weighted by molar-refractivity contribution is 7.47. The molecule has 0 aromatic heterocycles. The standard InChI is InChI=1S/C70H136O17P2/c1-6-9-12-15-18-21-24-25-26-27-28-29-30-33-36-39-46-51-56-70(75)86-65(59-80-67(72)53-48-43-37-34-31-22-19-16-13-10-7-2)61-84-88(76,77)82-57-64(71)58-83-89(78,79)85-62-66(60-81-68(73)54-49-44-41-40-42-47-52-63(4)5)87-69(74)55-50-45-38-35-32-23-20-17-14-11-8-3/h63-66,71H,6-62H2,1-5H3,(H,76,77)(H,78,79)/t64-,65-,66-/m1/s1. The van der Waals surface area contributed by atoms with Gasteiger partial charge in [0.1, 0.15) is 19.3 Å². The smallest absolute Gasteiger partial charge is 0.462 e. The lowest BCUT2D eigenvalue weighted by atomic mass is 10.0. The summed E-state index contributed by atoms with van der Waals surface area (Å²) in [7, 11) is -9.90. The van der Waals surface area contributed by atoms with Gasteiger partial charge in [-0.05, 0) is 31.6 Å². The van der Waals surface area contributed by atoms with Gasteiger partial charge in [0, 0.05) is 25.7 Å². The lowest BCUT2D eigenvalue weighted by Crippen LogP contribution is -2.30. The van der Waals surface area contributed by atoms with Crippen molar-refractivity contribution in [3.05, 3.63) is 0 Å². The number of esters is 4. The Bertz CT molecular complexity index is 1720. The maximum Gasteiger partial charge on any atom is 0.472 e. The SMILES string of the molecule is CCCCCCCCCCCCCCCCCCCCC(=O)O[C@H](COC(=O)CCCCCCCCCCCCC)COP(=O)(O)OC[C@@H](O)COP(=O)(O)OC[C@@H](COC(=O)CCCCCCCCC(C)C)OC(=O)CCCCCCCCCCCCC. The van der Waals surface area contributed by atoms with Crippen LogP contribution < -0.4 is 0 Å². The van der Waals surface area contributed by atoms with Gasteiger partial charge in [-0.1, -0.05) is 311 Å². The predicted octanol–water partition coefficient (Wildman–Crippen LogP) is 20.1. The van der Waals surface area contributed by atoms with Crippen molar-refractivity contribution in [3.8, 4) is 0 Å². The van der Waals surface area contributed by atoms with E-state index in [9.17, 15) is 43.2 Å². The maximum absolute atomic E-state index is 13.0. The predicted molar refractivity (Wildman–Crippen MR) is 358 cm³/mol. The fraction of sp³-hybridized carbons (Fsp3) is 0.943. The third-order valence-electron chi connectivity index (χ3n) is 16.3. The van der Waals surface area contributed by atoms with Crippen molar-refractivity contribution in [1.82, 2.24) is 0 Å². The number of ether oxygens (including phenoxy) is 4. The van der Waals surface area contributed by atoms with E-state index in [2.05, 4.69) is 34.6 Å². The summed E-state index contributed by atoms with van der Waals surface area (Å²) in [6, 6.07) is 0. The fourth-order valence-corrected chi connectivity index (χ4v) is 12.2. The van der Waals surface area contributed by atoms with Gasteiger partial charge in [0.2, 0.25) is 0 Å². The zero-order valence-electron chi connectivity index (χ0n) is 57.6. The molecule has 0 aliphatic heterocycles. The molecule has 0 aliphatic carbocycles. The monoisotopic (exact) mass is 1310 g/mol. The van der Waals surface area contributed by atoms with Crippen LogP contribution in [-0.2, 0) is 65.4 Å². The number of carbonyl (C=O) groups is 4. The van der Waals surface area contributed by atoms with Gasteiger partial charge in [-0.2, -0.15) is 0 Å². The van der Waals surface area contributed by atoms with Gasteiger partial charge < -0.3 is 33.8 Å². The Balaban J connectivity index is 5.20. The molecule has 0 spiro atoms. The number of aliphatic hydroxyl groups is 1. The second-order valence-corrected chi connectivity index (χ2v) is 28.7. The molecule has 0 aliphatic rings. The molecule has 17 nitrogen and oxygen atoms in total. The molecule has 3 N–H and O–H groups in total. The van der Waals surface area contributed by atoms with E-state index in [1.807, 2.05) is 0 Å². The van der Waals surface area contributed by atoms with Crippen LogP contribution >= 0.6 is 15.6 Å². The second kappa shape index (κ2) is 63.5. The molecule has 0 saturated carbocycles. The third-order valence-corrected chi connectivity index (χ3v) is 18.2. The lowest BCUT2D eigenvalue weighted by Gasteiger charge is -2.21. The summed E-state index contributed by atoms with van der Waals surface area (Å²) >= 11 is 0. The van der Waals surface area contributed by atoms with E-state index >= 15 is 0 Å². The molecular weight excluding hydrogens is 1170 g/mol. The van der Waals surface area contributed by atoms with E-state index in [0.29, 0.717) is 31.6 Å². The van der Waals surface area contributed by atoms with Crippen molar-refractivity contribution in [2.45, 2.75) is 380 Å². The minimum absolute atomic E-state index is 0.106. The first-order valence-electron chi connectivity index (χ1n) is 36.6. The van der Waals surface area contributed by atoms with Gasteiger partial charge >= 0.3 is 39.5 Å². The summed E-state index contributed by atoms with van der Waals surface area (Å²) < 4.78 is 68.2. The average Bonchev–Trinajstić information content (AvgIpc) is 3.50. The Morgan fingerprint density at radius 3 is 0.764 bits per heavy atom. The van der Waals surface area contributed by atoms with Crippen molar-refractivity contribution in [1.29, 1.82) is 0 Å². The third kappa shape index (κ3) is 64.6. The minimum atomic E-state index is -4.95. The number of hydrogen-bond acceptors (Lipinski definition) is 15. The van der Waals surface area contributed by atoms with E-state index < -0.39 is 97.5 Å². The Hall–Kier alpha value is -1.94. The van der Waals surface area contributed by atoms with E-state index in [1.165, 1.54) is 180 Å². The van der Waals surface area contributed by atoms with Crippen LogP contribution in [-0.4, -0.2) is 96.7 Å². The second-order valence-electron chi connectivity index (χ2n) is 25.7. The molecule has 0 amide bonds. The highest BCUT2D eigenvalue weighted by Gasteiger charge is 2.30. The topological polar surface area (TPSA) is 237 Å². The quantitative estimate of drug-likeness (QED) is 0.0222. The van der Waals surface area contributed by atoms with Crippen molar-refractivity contribution in [2.24, 2.45) is 5.92 Å². The van der Waals surface area contributed by atoms with Crippen molar-refractivity contribution in [2.75, 3.05) is 39.6 Å². The minimum Gasteiger partial charge on any atom is -0.462 e. The van der Waals surface area contributed by atoms with Crippen LogP contribution in [0.2, 0.25) is 0 Å². The number of phosphoric acid groups is 2. The van der Waals surface area contributed by atoms with Crippen molar-refractivity contribution >= 4 is 39.5 Å². The van der Waals surface area contributed by atoms with Gasteiger partial charge in [0.15, 0.2) is 12.2 Å². The zero-order chi connectivity index (χ0) is 65.6. The van der Waals surface area contributed by atoms with Crippen molar-refractivity contribution in [3.63, 3.8) is 0 Å². The van der Waals surface area contributed by atoms with Gasteiger partial charge in [-0.15, -0.1) is 0 Å². The molecule has 0 aromatic rings.